The number of unbranched alkanes of at least 4 members (excludes halogenated alkanes) is 1. The van der Waals surface area contributed by atoms with Crippen LogP contribution in [0.25, 0.3) is 0 Å². The number of benzene rings is 1. The van der Waals surface area contributed by atoms with Gasteiger partial charge in [-0.05, 0) is 43.5 Å². The molecule has 0 fully saturated rings. The number of carbonyl (C=O) groups is 4. The highest BCUT2D eigenvalue weighted by atomic mass is 18.2. The molecule has 3 N–H and O–H groups in total. The first kappa shape index (κ1) is 23.9. The second kappa shape index (κ2) is 13.1. The predicted octanol–water partition coefficient (Wildman–Crippen LogP) is 2.20. The summed E-state index contributed by atoms with van der Waals surface area (Å²) in [6.07, 6.45) is -0.258. The molecule has 1 aromatic rings. The van der Waals surface area contributed by atoms with Gasteiger partial charge in [0.15, 0.2) is 0 Å². The number of halogens is 1. The Balaban J connectivity index is 2.35. The molecule has 0 aliphatic heterocycles. The summed E-state index contributed by atoms with van der Waals surface area (Å²) in [5, 5.41) is 13.9. The fourth-order valence-electron chi connectivity index (χ4n) is 2.40. The summed E-state index contributed by atoms with van der Waals surface area (Å²) in [5.74, 6) is -1.97. The van der Waals surface area contributed by atoms with Crippen LogP contribution in [0.5, 0.6) is 0 Å². The summed E-state index contributed by atoms with van der Waals surface area (Å²) in [6.45, 7) is 2.22. The molecule has 1 rings (SSSR count). The van der Waals surface area contributed by atoms with Crippen molar-refractivity contribution < 1.29 is 38.1 Å². The summed E-state index contributed by atoms with van der Waals surface area (Å²) in [5.41, 5.74) is 0.327. The van der Waals surface area contributed by atoms with Crippen LogP contribution in [0.2, 0.25) is 0 Å². The first-order chi connectivity index (χ1) is 13.9. The summed E-state index contributed by atoms with van der Waals surface area (Å²) in [7, 11) is 0. The van der Waals surface area contributed by atoms with Gasteiger partial charge in [-0.25, -0.2) is 14.0 Å². The molecule has 0 aliphatic carbocycles. The molecule has 0 bridgehead atoms. The molecule has 0 spiro atoms. The van der Waals surface area contributed by atoms with Gasteiger partial charge in [-0.1, -0.05) is 13.3 Å². The quantitative estimate of drug-likeness (QED) is 0.258. The predicted molar refractivity (Wildman–Crippen MR) is 99.5 cm³/mol. The molecule has 29 heavy (non-hydrogen) atoms. The maximum absolute atomic E-state index is 12.8. The maximum atomic E-state index is 12.8. The maximum Gasteiger partial charge on any atom is 0.410 e. The monoisotopic (exact) mass is 411 g/mol. The Morgan fingerprint density at radius 3 is 2.45 bits per heavy atom. The second-order valence-electron chi connectivity index (χ2n) is 6.15. The normalized spacial score (nSPS) is 12.3. The van der Waals surface area contributed by atoms with Crippen LogP contribution in [-0.4, -0.2) is 48.4 Å². The number of nitrogens with one attached hydrogen (secondary N) is 2. The number of carboxylic acid groups (broad SMARTS) is 1. The molecule has 9 nitrogen and oxygen atoms in total. The van der Waals surface area contributed by atoms with Crippen LogP contribution in [0.1, 0.15) is 49.4 Å². The van der Waals surface area contributed by atoms with Crippen LogP contribution in [0.4, 0.5) is 9.18 Å². The van der Waals surface area contributed by atoms with E-state index in [1.807, 2.05) is 0 Å². The first-order valence-corrected chi connectivity index (χ1v) is 9.20. The third kappa shape index (κ3) is 9.54. The fraction of sp³-hybridized carbons (Fsp3) is 0.474. The van der Waals surface area contributed by atoms with E-state index in [1.54, 1.807) is 6.92 Å². The zero-order valence-corrected chi connectivity index (χ0v) is 16.1. The number of hydrogen-bond acceptors (Lipinski definition) is 6. The van der Waals surface area contributed by atoms with Gasteiger partial charge < -0.3 is 25.2 Å². The molecule has 0 unspecified atom stereocenters. The van der Waals surface area contributed by atoms with E-state index < -0.39 is 30.2 Å². The van der Waals surface area contributed by atoms with E-state index in [1.165, 1.54) is 24.3 Å². The number of aliphatic carboxylic acids is 1. The summed E-state index contributed by atoms with van der Waals surface area (Å²) < 4.78 is 22.5. The molecule has 0 aromatic heterocycles. The molecule has 2 atom stereocenters. The minimum Gasteiger partial charge on any atom is -0.480 e. The van der Waals surface area contributed by atoms with Crippen LogP contribution >= 0.6 is 0 Å². The van der Waals surface area contributed by atoms with E-state index in [0.717, 1.165) is 0 Å². The standard InChI is InChI=1S/C19H25FN2O7/c1-2-5-15(18(25)26)22-19(27)29-16(28-12-23)6-3-4-11-21-17(24)13-7-9-14(20)10-8-13/h7-10,12,15-16H,2-6,11H2,1H3,(H,21,24)(H,22,27)(H,25,26)/t15-,16-/m0/s1/i20-1. The van der Waals surface area contributed by atoms with Gasteiger partial charge >= 0.3 is 12.1 Å². The largest absolute Gasteiger partial charge is 0.480 e. The Labute approximate surface area is 167 Å². The molecular weight excluding hydrogens is 386 g/mol. The first-order valence-electron chi connectivity index (χ1n) is 9.20. The molecule has 0 heterocycles. The Kier molecular flexibility index (Phi) is 10.8. The SMILES string of the molecule is CCC[C@H](NC(=O)O[C@@H](CCCCNC(=O)c1ccc([18F])cc1)OC=O)C(=O)O. The number of alkyl carbamates (subject to hydrolysis) is 1. The second-order valence-corrected chi connectivity index (χ2v) is 6.15. The van der Waals surface area contributed by atoms with Gasteiger partial charge in [0, 0.05) is 18.5 Å². The molecule has 2 amide bonds. The number of hydrogen-bond donors (Lipinski definition) is 3. The molecule has 0 saturated heterocycles. The van der Waals surface area contributed by atoms with Crippen LogP contribution < -0.4 is 10.6 Å². The Morgan fingerprint density at radius 2 is 1.86 bits per heavy atom. The van der Waals surface area contributed by atoms with Crippen molar-refractivity contribution in [1.29, 1.82) is 0 Å². The van der Waals surface area contributed by atoms with E-state index in [-0.39, 0.29) is 25.2 Å². The summed E-state index contributed by atoms with van der Waals surface area (Å²) >= 11 is 0. The number of rotatable bonds is 13. The Morgan fingerprint density at radius 1 is 1.17 bits per heavy atom. The molecule has 10 heteroatoms. The number of carbonyl (C=O) groups excluding carboxylic acids is 3. The highest BCUT2D eigenvalue weighted by Gasteiger charge is 2.22. The minimum atomic E-state index is -1.19. The molecule has 0 aliphatic rings. The van der Waals surface area contributed by atoms with Crippen LogP contribution in [-0.2, 0) is 19.1 Å². The topological polar surface area (TPSA) is 131 Å². The van der Waals surface area contributed by atoms with Gasteiger partial charge in [-0.2, -0.15) is 0 Å². The van der Waals surface area contributed by atoms with Crippen molar-refractivity contribution in [3.63, 3.8) is 0 Å². The lowest BCUT2D eigenvalue weighted by Crippen LogP contribution is -2.42. The van der Waals surface area contributed by atoms with Crippen molar-refractivity contribution in [2.75, 3.05) is 6.54 Å². The molecule has 0 saturated carbocycles. The van der Waals surface area contributed by atoms with Crippen LogP contribution in [0.3, 0.4) is 0 Å². The lowest BCUT2D eigenvalue weighted by atomic mass is 10.2. The van der Waals surface area contributed by atoms with E-state index in [4.69, 9.17) is 9.84 Å². The summed E-state index contributed by atoms with van der Waals surface area (Å²) in [6, 6.07) is 4.02. The number of carboxylic acids is 1. The summed E-state index contributed by atoms with van der Waals surface area (Å²) in [4.78, 5) is 45.3. The third-order valence-corrected chi connectivity index (χ3v) is 3.87. The van der Waals surface area contributed by atoms with Crippen molar-refractivity contribution >= 4 is 24.4 Å². The Bertz CT molecular complexity index is 682. The number of ether oxygens (including phenoxy) is 2. The van der Waals surface area contributed by atoms with Crippen molar-refractivity contribution in [2.24, 2.45) is 0 Å². The van der Waals surface area contributed by atoms with E-state index in [9.17, 15) is 23.6 Å². The van der Waals surface area contributed by atoms with Gasteiger partial charge in [0.2, 0.25) is 6.29 Å². The highest BCUT2D eigenvalue weighted by molar-refractivity contribution is 5.94. The molecule has 160 valence electrons. The zero-order valence-electron chi connectivity index (χ0n) is 16.1. The minimum absolute atomic E-state index is 0.134. The van der Waals surface area contributed by atoms with Crippen molar-refractivity contribution in [1.82, 2.24) is 10.6 Å². The third-order valence-electron chi connectivity index (χ3n) is 3.87. The Hall–Kier alpha value is -3.17. The van der Waals surface area contributed by atoms with Crippen molar-refractivity contribution in [3.8, 4) is 0 Å². The van der Waals surface area contributed by atoms with Gasteiger partial charge in [-0.3, -0.25) is 9.59 Å². The van der Waals surface area contributed by atoms with Crippen LogP contribution in [0, 0.1) is 5.82 Å². The van der Waals surface area contributed by atoms with E-state index in [2.05, 4.69) is 15.4 Å². The van der Waals surface area contributed by atoms with Crippen molar-refractivity contribution in [2.45, 2.75) is 51.4 Å². The van der Waals surface area contributed by atoms with Crippen molar-refractivity contribution in [3.05, 3.63) is 35.6 Å². The van der Waals surface area contributed by atoms with Crippen LogP contribution in [0.15, 0.2) is 24.3 Å². The average Bonchev–Trinajstić information content (AvgIpc) is 2.67. The average molecular weight is 411 g/mol. The lowest BCUT2D eigenvalue weighted by Gasteiger charge is -2.18. The van der Waals surface area contributed by atoms with E-state index >= 15 is 0 Å². The highest BCUT2D eigenvalue weighted by Crippen LogP contribution is 2.08. The number of amides is 2. The van der Waals surface area contributed by atoms with Gasteiger partial charge in [0.05, 0.1) is 0 Å². The van der Waals surface area contributed by atoms with Gasteiger partial charge in [0.1, 0.15) is 11.9 Å². The molecule has 0 radical (unpaired) electrons. The lowest BCUT2D eigenvalue weighted by molar-refractivity contribution is -0.154. The smallest absolute Gasteiger partial charge is 0.410 e. The molecular formula is C19H25FN2O7. The fourth-order valence-corrected chi connectivity index (χ4v) is 2.40. The van der Waals surface area contributed by atoms with Gasteiger partial charge in [0.25, 0.3) is 12.4 Å². The van der Waals surface area contributed by atoms with E-state index in [0.29, 0.717) is 31.4 Å². The zero-order chi connectivity index (χ0) is 21.6. The van der Waals surface area contributed by atoms with Gasteiger partial charge in [-0.15, -0.1) is 0 Å². The molecule has 1 aromatic carbocycles.